The monoisotopic (exact) mass is 267 g/mol. The van der Waals surface area contributed by atoms with Crippen LogP contribution in [0, 0.1) is 5.92 Å². The average Bonchev–Trinajstić information content (AvgIpc) is 2.90. The van der Waals surface area contributed by atoms with E-state index in [2.05, 4.69) is 23.6 Å². The fourth-order valence-electron chi connectivity index (χ4n) is 3.61. The van der Waals surface area contributed by atoms with Gasteiger partial charge in [0.25, 0.3) is 0 Å². The maximum atomic E-state index is 5.98. The van der Waals surface area contributed by atoms with E-state index in [1.165, 1.54) is 71.2 Å². The average molecular weight is 267 g/mol. The van der Waals surface area contributed by atoms with Gasteiger partial charge in [-0.1, -0.05) is 26.7 Å². The van der Waals surface area contributed by atoms with E-state index in [-0.39, 0.29) is 0 Å². The summed E-state index contributed by atoms with van der Waals surface area (Å²) in [6.07, 6.45) is 8.12. The molecular formula is C16H33N3. The molecule has 1 aliphatic carbocycles. The fraction of sp³-hybridized carbons (Fsp3) is 1.00. The number of nitrogens with zero attached hydrogens (tertiary/aromatic N) is 2. The number of rotatable bonds is 6. The van der Waals surface area contributed by atoms with Crippen molar-refractivity contribution >= 4 is 0 Å². The second-order valence-corrected chi connectivity index (χ2v) is 7.01. The lowest BCUT2D eigenvalue weighted by Crippen LogP contribution is -2.45. The third-order valence-electron chi connectivity index (χ3n) is 4.78. The van der Waals surface area contributed by atoms with Crippen LogP contribution in [-0.4, -0.2) is 54.6 Å². The van der Waals surface area contributed by atoms with Crippen LogP contribution in [0.25, 0.3) is 0 Å². The molecule has 0 spiro atoms. The normalized spacial score (nSPS) is 23.8. The van der Waals surface area contributed by atoms with E-state index < -0.39 is 0 Å². The predicted octanol–water partition coefficient (Wildman–Crippen LogP) is 2.31. The third kappa shape index (κ3) is 5.05. The van der Waals surface area contributed by atoms with Gasteiger partial charge in [0, 0.05) is 31.7 Å². The van der Waals surface area contributed by atoms with Crippen LogP contribution < -0.4 is 5.73 Å². The van der Waals surface area contributed by atoms with Gasteiger partial charge in [-0.3, -0.25) is 4.90 Å². The lowest BCUT2D eigenvalue weighted by molar-refractivity contribution is 0.133. The Balaban J connectivity index is 1.75. The number of likely N-dealkylation sites (tertiary alicyclic amines) is 1. The van der Waals surface area contributed by atoms with Gasteiger partial charge in [0.05, 0.1) is 0 Å². The van der Waals surface area contributed by atoms with Crippen LogP contribution in [0.4, 0.5) is 0 Å². The fourth-order valence-corrected chi connectivity index (χ4v) is 3.61. The Morgan fingerprint density at radius 3 is 2.32 bits per heavy atom. The van der Waals surface area contributed by atoms with Crippen molar-refractivity contribution in [1.82, 2.24) is 9.80 Å². The minimum atomic E-state index is 0.456. The quantitative estimate of drug-likeness (QED) is 0.801. The van der Waals surface area contributed by atoms with Crippen molar-refractivity contribution in [2.75, 3.05) is 32.7 Å². The van der Waals surface area contributed by atoms with E-state index >= 15 is 0 Å². The molecule has 0 radical (unpaired) electrons. The smallest absolute Gasteiger partial charge is 0.0112 e. The summed E-state index contributed by atoms with van der Waals surface area (Å²) >= 11 is 0. The van der Waals surface area contributed by atoms with Crippen molar-refractivity contribution in [3.63, 3.8) is 0 Å². The molecule has 0 aromatic heterocycles. The van der Waals surface area contributed by atoms with Gasteiger partial charge in [0.1, 0.15) is 0 Å². The van der Waals surface area contributed by atoms with E-state index in [0.717, 1.165) is 12.0 Å². The van der Waals surface area contributed by atoms with Gasteiger partial charge in [0.2, 0.25) is 0 Å². The summed E-state index contributed by atoms with van der Waals surface area (Å²) in [7, 11) is 0. The molecule has 19 heavy (non-hydrogen) atoms. The lowest BCUT2D eigenvalue weighted by Gasteiger charge is -2.35. The summed E-state index contributed by atoms with van der Waals surface area (Å²) in [6.45, 7) is 10.9. The molecular weight excluding hydrogens is 234 g/mol. The molecule has 0 bridgehead atoms. The molecule has 0 unspecified atom stereocenters. The Kier molecular flexibility index (Phi) is 6.11. The van der Waals surface area contributed by atoms with E-state index in [1.807, 2.05) is 0 Å². The van der Waals surface area contributed by atoms with Crippen molar-refractivity contribution in [2.45, 2.75) is 64.5 Å². The first-order valence-corrected chi connectivity index (χ1v) is 8.37. The molecule has 0 aromatic rings. The Morgan fingerprint density at radius 1 is 1.11 bits per heavy atom. The highest BCUT2D eigenvalue weighted by atomic mass is 15.2. The highest BCUT2D eigenvalue weighted by Crippen LogP contribution is 2.24. The summed E-state index contributed by atoms with van der Waals surface area (Å²) in [5.74, 6) is 0.787. The molecule has 112 valence electrons. The molecule has 3 nitrogen and oxygen atoms in total. The molecule has 1 aliphatic heterocycles. The van der Waals surface area contributed by atoms with Crippen LogP contribution in [0.1, 0.15) is 52.4 Å². The van der Waals surface area contributed by atoms with Crippen molar-refractivity contribution in [1.29, 1.82) is 0 Å². The molecule has 1 heterocycles. The van der Waals surface area contributed by atoms with Crippen LogP contribution in [0.3, 0.4) is 0 Å². The lowest BCUT2D eigenvalue weighted by atomic mass is 10.1. The van der Waals surface area contributed by atoms with Gasteiger partial charge >= 0.3 is 0 Å². The molecule has 2 fully saturated rings. The number of hydrogen-bond donors (Lipinski definition) is 1. The Labute approximate surface area is 119 Å². The predicted molar refractivity (Wildman–Crippen MR) is 82.3 cm³/mol. The van der Waals surface area contributed by atoms with Crippen LogP contribution >= 0.6 is 0 Å². The van der Waals surface area contributed by atoms with Crippen LogP contribution in [0.2, 0.25) is 0 Å². The minimum Gasteiger partial charge on any atom is -0.328 e. The van der Waals surface area contributed by atoms with Gasteiger partial charge < -0.3 is 10.6 Å². The van der Waals surface area contributed by atoms with Crippen molar-refractivity contribution < 1.29 is 0 Å². The molecule has 2 N–H and O–H groups in total. The second-order valence-electron chi connectivity index (χ2n) is 7.01. The highest BCUT2D eigenvalue weighted by molar-refractivity contribution is 4.80. The van der Waals surface area contributed by atoms with E-state index in [0.29, 0.717) is 6.04 Å². The molecule has 0 atom stereocenters. The largest absolute Gasteiger partial charge is 0.328 e. The van der Waals surface area contributed by atoms with Crippen molar-refractivity contribution in [3.05, 3.63) is 0 Å². The van der Waals surface area contributed by atoms with E-state index in [4.69, 9.17) is 5.73 Å². The summed E-state index contributed by atoms with van der Waals surface area (Å²) in [6, 6.07) is 1.33. The topological polar surface area (TPSA) is 32.5 Å². The SMILES string of the molecule is CC(C)CN(CCN1CCC(N)CC1)C1CCCC1. The molecule has 3 heteroatoms. The zero-order valence-corrected chi connectivity index (χ0v) is 13.0. The van der Waals surface area contributed by atoms with Gasteiger partial charge in [0.15, 0.2) is 0 Å². The number of nitrogens with two attached hydrogens (primary N) is 1. The second kappa shape index (κ2) is 7.61. The zero-order chi connectivity index (χ0) is 13.7. The molecule has 2 rings (SSSR count). The maximum Gasteiger partial charge on any atom is 0.0112 e. The molecule has 2 aliphatic rings. The summed E-state index contributed by atoms with van der Waals surface area (Å²) in [4.78, 5) is 5.39. The first kappa shape index (κ1) is 15.3. The van der Waals surface area contributed by atoms with Crippen molar-refractivity contribution in [3.8, 4) is 0 Å². The zero-order valence-electron chi connectivity index (χ0n) is 13.0. The van der Waals surface area contributed by atoms with Crippen molar-refractivity contribution in [2.24, 2.45) is 11.7 Å². The van der Waals surface area contributed by atoms with Gasteiger partial charge in [-0.15, -0.1) is 0 Å². The molecule has 0 amide bonds. The Morgan fingerprint density at radius 2 is 1.74 bits per heavy atom. The van der Waals surface area contributed by atoms with Gasteiger partial charge in [-0.05, 0) is 44.7 Å². The van der Waals surface area contributed by atoms with Crippen LogP contribution in [-0.2, 0) is 0 Å². The highest BCUT2D eigenvalue weighted by Gasteiger charge is 2.24. The van der Waals surface area contributed by atoms with Crippen LogP contribution in [0.15, 0.2) is 0 Å². The standard InChI is InChI=1S/C16H33N3/c1-14(2)13-19(16-5-3-4-6-16)12-11-18-9-7-15(17)8-10-18/h14-16H,3-13,17H2,1-2H3. The summed E-state index contributed by atoms with van der Waals surface area (Å²) < 4.78 is 0. The maximum absolute atomic E-state index is 5.98. The first-order chi connectivity index (χ1) is 9.15. The van der Waals surface area contributed by atoms with Gasteiger partial charge in [-0.25, -0.2) is 0 Å². The Hall–Kier alpha value is -0.120. The van der Waals surface area contributed by atoms with Gasteiger partial charge in [-0.2, -0.15) is 0 Å². The first-order valence-electron chi connectivity index (χ1n) is 8.37. The van der Waals surface area contributed by atoms with E-state index in [1.54, 1.807) is 0 Å². The minimum absolute atomic E-state index is 0.456. The Bertz CT molecular complexity index is 240. The third-order valence-corrected chi connectivity index (χ3v) is 4.78. The summed E-state index contributed by atoms with van der Waals surface area (Å²) in [5, 5.41) is 0. The van der Waals surface area contributed by atoms with E-state index in [9.17, 15) is 0 Å². The number of piperidine rings is 1. The molecule has 1 saturated heterocycles. The van der Waals surface area contributed by atoms with Crippen LogP contribution in [0.5, 0.6) is 0 Å². The number of hydrogen-bond acceptors (Lipinski definition) is 3. The molecule has 1 saturated carbocycles. The molecule has 0 aromatic carbocycles. The summed E-state index contributed by atoms with van der Waals surface area (Å²) in [5.41, 5.74) is 5.98.